The van der Waals surface area contributed by atoms with Gasteiger partial charge in [-0.1, -0.05) is 15.7 Å². The van der Waals surface area contributed by atoms with Crippen molar-refractivity contribution in [1.82, 2.24) is 14.8 Å². The van der Waals surface area contributed by atoms with Gasteiger partial charge in [-0.05, 0) is 22.9 Å². The van der Waals surface area contributed by atoms with E-state index in [1.165, 1.54) is 12.1 Å². The van der Waals surface area contributed by atoms with Crippen LogP contribution in [0.3, 0.4) is 0 Å². The van der Waals surface area contributed by atoms with Crippen molar-refractivity contribution in [2.75, 3.05) is 11.9 Å². The number of anilines is 1. The fourth-order valence-corrected chi connectivity index (χ4v) is 1.68. The van der Waals surface area contributed by atoms with E-state index in [-0.39, 0.29) is 0 Å². The molecule has 16 heavy (non-hydrogen) atoms. The predicted octanol–water partition coefficient (Wildman–Crippen LogP) is 1.85. The zero-order valence-electron chi connectivity index (χ0n) is 8.39. The van der Waals surface area contributed by atoms with Crippen LogP contribution in [0.25, 0.3) is 0 Å². The normalized spacial score (nSPS) is 10.4. The van der Waals surface area contributed by atoms with Crippen LogP contribution in [0.5, 0.6) is 0 Å². The molecule has 0 unspecified atom stereocenters. The number of aromatic nitrogens is 3. The molecule has 1 aromatic heterocycles. The molecule has 7 heteroatoms. The average Bonchev–Trinajstić information content (AvgIpc) is 2.77. The van der Waals surface area contributed by atoms with E-state index in [9.17, 15) is 8.78 Å². The van der Waals surface area contributed by atoms with Gasteiger partial charge in [0.05, 0.1) is 0 Å². The molecule has 0 atom stereocenters. The number of rotatable bonds is 3. The molecular formula is C9H8F2N4S. The maximum atomic E-state index is 12.9. The van der Waals surface area contributed by atoms with Crippen molar-refractivity contribution in [2.24, 2.45) is 0 Å². The minimum atomic E-state index is -0.846. The number of nitrogens with zero attached hydrogens (tertiary/aromatic N) is 4. The highest BCUT2D eigenvalue weighted by molar-refractivity contribution is 7.09. The van der Waals surface area contributed by atoms with Gasteiger partial charge in [-0.3, -0.25) is 0 Å². The lowest BCUT2D eigenvalue weighted by Gasteiger charge is -2.14. The minimum Gasteiger partial charge on any atom is -0.344 e. The molecule has 1 aromatic carbocycles. The Kier molecular flexibility index (Phi) is 3.04. The van der Waals surface area contributed by atoms with E-state index in [4.69, 9.17) is 0 Å². The molecule has 0 spiro atoms. The second-order valence-electron chi connectivity index (χ2n) is 3.25. The monoisotopic (exact) mass is 242 g/mol. The van der Waals surface area contributed by atoms with Gasteiger partial charge < -0.3 is 4.90 Å². The summed E-state index contributed by atoms with van der Waals surface area (Å²) in [4.78, 5) is 1.76. The Hall–Kier alpha value is -1.63. The number of benzene rings is 1. The predicted molar refractivity (Wildman–Crippen MR) is 56.2 cm³/mol. The lowest BCUT2D eigenvalue weighted by Crippen LogP contribution is -2.16. The molecule has 0 aliphatic heterocycles. The number of hydrogen-bond acceptors (Lipinski definition) is 5. The van der Waals surface area contributed by atoms with Crippen LogP contribution in [0.1, 0.15) is 5.56 Å². The van der Waals surface area contributed by atoms with Crippen LogP contribution >= 0.6 is 11.5 Å². The van der Waals surface area contributed by atoms with Gasteiger partial charge in [0, 0.05) is 25.1 Å². The van der Waals surface area contributed by atoms with E-state index in [0.717, 1.165) is 17.6 Å². The summed E-state index contributed by atoms with van der Waals surface area (Å²) in [5.41, 5.74) is 0.664. The van der Waals surface area contributed by atoms with E-state index in [1.807, 2.05) is 0 Å². The zero-order chi connectivity index (χ0) is 11.5. The second-order valence-corrected chi connectivity index (χ2v) is 3.96. The zero-order valence-corrected chi connectivity index (χ0v) is 9.21. The molecule has 2 rings (SSSR count). The molecule has 84 valence electrons. The molecule has 0 amide bonds. The van der Waals surface area contributed by atoms with Crippen LogP contribution in [0.2, 0.25) is 0 Å². The summed E-state index contributed by atoms with van der Waals surface area (Å²) in [5.74, 6) is -1.69. The van der Waals surface area contributed by atoms with Crippen molar-refractivity contribution < 1.29 is 8.78 Å². The molecule has 4 nitrogen and oxygen atoms in total. The van der Waals surface area contributed by atoms with Gasteiger partial charge in [0.25, 0.3) is 0 Å². The SMILES string of the molecule is CN(Cc1ccc(F)c(F)c1)c1nnns1. The summed E-state index contributed by atoms with van der Waals surface area (Å²) in [6.45, 7) is 0.425. The summed E-state index contributed by atoms with van der Waals surface area (Å²) < 4.78 is 29.3. The van der Waals surface area contributed by atoms with Gasteiger partial charge in [-0.25, -0.2) is 8.78 Å². The summed E-state index contributed by atoms with van der Waals surface area (Å²) in [6.07, 6.45) is 0. The van der Waals surface area contributed by atoms with Crippen LogP contribution in [0, 0.1) is 11.6 Å². The van der Waals surface area contributed by atoms with Crippen LogP contribution in [0.4, 0.5) is 13.9 Å². The lowest BCUT2D eigenvalue weighted by atomic mass is 10.2. The Balaban J connectivity index is 2.12. The summed E-state index contributed by atoms with van der Waals surface area (Å²) in [6, 6.07) is 3.81. The van der Waals surface area contributed by atoms with E-state index < -0.39 is 11.6 Å². The molecule has 0 aliphatic carbocycles. The maximum absolute atomic E-state index is 12.9. The molecular weight excluding hydrogens is 234 g/mol. The van der Waals surface area contributed by atoms with Gasteiger partial charge in [0.15, 0.2) is 11.6 Å². The molecule has 0 fully saturated rings. The van der Waals surface area contributed by atoms with Crippen molar-refractivity contribution in [2.45, 2.75) is 6.54 Å². The molecule has 1 heterocycles. The first-order valence-electron chi connectivity index (χ1n) is 4.47. The summed E-state index contributed by atoms with van der Waals surface area (Å²) in [7, 11) is 1.78. The third-order valence-electron chi connectivity index (χ3n) is 2.02. The molecule has 0 N–H and O–H groups in total. The highest BCUT2D eigenvalue weighted by Gasteiger charge is 2.08. The van der Waals surface area contributed by atoms with E-state index in [0.29, 0.717) is 17.2 Å². The fourth-order valence-electron chi connectivity index (χ4n) is 1.26. The van der Waals surface area contributed by atoms with Crippen molar-refractivity contribution in [3.8, 4) is 0 Å². The number of hydrogen-bond donors (Lipinski definition) is 0. The fraction of sp³-hybridized carbons (Fsp3) is 0.222. The Bertz CT molecular complexity index is 474. The van der Waals surface area contributed by atoms with Crippen LogP contribution in [-0.4, -0.2) is 21.8 Å². The molecule has 0 saturated heterocycles. The third-order valence-corrected chi connectivity index (χ3v) is 2.73. The van der Waals surface area contributed by atoms with Gasteiger partial charge >= 0.3 is 0 Å². The molecule has 0 saturated carbocycles. The first kappa shape index (κ1) is 10.9. The van der Waals surface area contributed by atoms with Crippen LogP contribution in [0.15, 0.2) is 18.2 Å². The second kappa shape index (κ2) is 4.48. The number of halogens is 2. The first-order valence-corrected chi connectivity index (χ1v) is 5.24. The van der Waals surface area contributed by atoms with Gasteiger partial charge in [-0.15, -0.1) is 0 Å². The molecule has 0 aliphatic rings. The Morgan fingerprint density at radius 1 is 1.31 bits per heavy atom. The van der Waals surface area contributed by atoms with Crippen molar-refractivity contribution in [3.05, 3.63) is 35.4 Å². The Labute approximate surface area is 94.7 Å². The highest BCUT2D eigenvalue weighted by atomic mass is 32.1. The molecule has 2 aromatic rings. The topological polar surface area (TPSA) is 41.9 Å². The summed E-state index contributed by atoms with van der Waals surface area (Å²) >= 11 is 1.14. The van der Waals surface area contributed by atoms with E-state index in [1.54, 1.807) is 11.9 Å². The minimum absolute atomic E-state index is 0.425. The standard InChI is InChI=1S/C9H8F2N4S/c1-15(9-12-13-14-16-9)5-6-2-3-7(10)8(11)4-6/h2-4H,5H2,1H3. The molecule has 0 radical (unpaired) electrons. The van der Waals surface area contributed by atoms with Gasteiger partial charge in [0.2, 0.25) is 5.13 Å². The lowest BCUT2D eigenvalue weighted by molar-refractivity contribution is 0.507. The van der Waals surface area contributed by atoms with E-state index >= 15 is 0 Å². The molecule has 0 bridgehead atoms. The quantitative estimate of drug-likeness (QED) is 0.823. The van der Waals surface area contributed by atoms with Crippen LogP contribution in [-0.2, 0) is 6.54 Å². The van der Waals surface area contributed by atoms with Gasteiger partial charge in [-0.2, -0.15) is 0 Å². The van der Waals surface area contributed by atoms with E-state index in [2.05, 4.69) is 14.8 Å². The van der Waals surface area contributed by atoms with Gasteiger partial charge in [0.1, 0.15) is 0 Å². The smallest absolute Gasteiger partial charge is 0.227 e. The summed E-state index contributed by atoms with van der Waals surface area (Å²) in [5, 5.41) is 7.86. The highest BCUT2D eigenvalue weighted by Crippen LogP contribution is 2.16. The first-order chi connectivity index (χ1) is 7.66. The van der Waals surface area contributed by atoms with Crippen molar-refractivity contribution in [3.63, 3.8) is 0 Å². The average molecular weight is 242 g/mol. The van der Waals surface area contributed by atoms with Crippen molar-refractivity contribution in [1.29, 1.82) is 0 Å². The van der Waals surface area contributed by atoms with Crippen LogP contribution < -0.4 is 4.90 Å². The maximum Gasteiger partial charge on any atom is 0.227 e. The third kappa shape index (κ3) is 2.30. The largest absolute Gasteiger partial charge is 0.344 e. The van der Waals surface area contributed by atoms with Crippen molar-refractivity contribution >= 4 is 16.7 Å². The Morgan fingerprint density at radius 3 is 2.75 bits per heavy atom. The Morgan fingerprint density at radius 2 is 2.12 bits per heavy atom.